The second kappa shape index (κ2) is 7.34. The van der Waals surface area contributed by atoms with Crippen molar-refractivity contribution in [2.24, 2.45) is 5.92 Å². The number of fused-ring (bicyclic) bond motifs is 1. The average Bonchev–Trinajstić information content (AvgIpc) is 3.16. The predicted octanol–water partition coefficient (Wildman–Crippen LogP) is 3.35. The molecular formula is C21H26N4O2. The van der Waals surface area contributed by atoms with E-state index in [4.69, 9.17) is 9.84 Å². The fourth-order valence-corrected chi connectivity index (χ4v) is 3.82. The third-order valence-corrected chi connectivity index (χ3v) is 5.45. The summed E-state index contributed by atoms with van der Waals surface area (Å²) in [6.45, 7) is 6.16. The van der Waals surface area contributed by atoms with Gasteiger partial charge in [0.15, 0.2) is 0 Å². The molecule has 1 aliphatic heterocycles. The van der Waals surface area contributed by atoms with E-state index in [1.807, 2.05) is 18.7 Å². The summed E-state index contributed by atoms with van der Waals surface area (Å²) in [6.07, 6.45) is 5.24. The van der Waals surface area contributed by atoms with E-state index in [9.17, 15) is 10.4 Å². The number of ether oxygens (including phenoxy) is 1. The van der Waals surface area contributed by atoms with E-state index in [1.54, 1.807) is 18.2 Å². The number of rotatable bonds is 6. The van der Waals surface area contributed by atoms with E-state index in [2.05, 4.69) is 16.9 Å². The molecule has 0 amide bonds. The van der Waals surface area contributed by atoms with Crippen molar-refractivity contribution in [1.29, 1.82) is 5.26 Å². The molecule has 0 radical (unpaired) electrons. The van der Waals surface area contributed by atoms with Gasteiger partial charge < -0.3 is 9.84 Å². The molecule has 0 saturated heterocycles. The fourth-order valence-electron chi connectivity index (χ4n) is 3.82. The van der Waals surface area contributed by atoms with Crippen LogP contribution in [0.5, 0.6) is 5.75 Å². The van der Waals surface area contributed by atoms with Crippen LogP contribution >= 0.6 is 0 Å². The Morgan fingerprint density at radius 3 is 2.78 bits per heavy atom. The van der Waals surface area contributed by atoms with Crippen molar-refractivity contribution in [3.8, 4) is 11.8 Å². The van der Waals surface area contributed by atoms with Crippen molar-refractivity contribution in [3.05, 3.63) is 46.8 Å². The average molecular weight is 366 g/mol. The SMILES string of the molecule is CC(C)Oc1ccc(C#N)cc1C(O)N1Cc2cn(CC3CCC3)nc2C1. The number of nitriles is 1. The van der Waals surface area contributed by atoms with E-state index < -0.39 is 6.23 Å². The van der Waals surface area contributed by atoms with Crippen LogP contribution < -0.4 is 4.74 Å². The molecule has 2 aromatic rings. The zero-order valence-corrected chi connectivity index (χ0v) is 15.9. The van der Waals surface area contributed by atoms with Crippen LogP contribution in [0.3, 0.4) is 0 Å². The minimum Gasteiger partial charge on any atom is -0.491 e. The van der Waals surface area contributed by atoms with Crippen LogP contribution in [0.15, 0.2) is 24.4 Å². The van der Waals surface area contributed by atoms with Gasteiger partial charge in [-0.2, -0.15) is 10.4 Å². The third-order valence-electron chi connectivity index (χ3n) is 5.45. The number of aliphatic hydroxyl groups excluding tert-OH is 1. The first-order chi connectivity index (χ1) is 13.0. The van der Waals surface area contributed by atoms with Gasteiger partial charge in [-0.25, -0.2) is 0 Å². The molecule has 6 nitrogen and oxygen atoms in total. The lowest BCUT2D eigenvalue weighted by Crippen LogP contribution is -2.25. The van der Waals surface area contributed by atoms with Crippen LogP contribution in [0.4, 0.5) is 0 Å². The summed E-state index contributed by atoms with van der Waals surface area (Å²) in [5.41, 5.74) is 3.37. The summed E-state index contributed by atoms with van der Waals surface area (Å²) >= 11 is 0. The van der Waals surface area contributed by atoms with Crippen LogP contribution in [-0.2, 0) is 19.6 Å². The number of nitrogens with zero attached hydrogens (tertiary/aromatic N) is 4. The topological polar surface area (TPSA) is 74.3 Å². The van der Waals surface area contributed by atoms with Gasteiger partial charge in [0, 0.05) is 37.0 Å². The molecule has 2 aliphatic rings. The molecular weight excluding hydrogens is 340 g/mol. The second-order valence-electron chi connectivity index (χ2n) is 7.93. The summed E-state index contributed by atoms with van der Waals surface area (Å²) in [6, 6.07) is 7.35. The van der Waals surface area contributed by atoms with Crippen LogP contribution in [0.2, 0.25) is 0 Å². The first kappa shape index (κ1) is 18.0. The number of aromatic nitrogens is 2. The molecule has 1 atom stereocenters. The van der Waals surface area contributed by atoms with Crippen molar-refractivity contribution < 1.29 is 9.84 Å². The lowest BCUT2D eigenvalue weighted by Gasteiger charge is -2.26. The van der Waals surface area contributed by atoms with Gasteiger partial charge in [-0.05, 0) is 50.8 Å². The summed E-state index contributed by atoms with van der Waals surface area (Å²) in [4.78, 5) is 1.97. The van der Waals surface area contributed by atoms with E-state index >= 15 is 0 Å². The molecule has 1 saturated carbocycles. The van der Waals surface area contributed by atoms with Gasteiger partial charge in [-0.15, -0.1) is 0 Å². The Balaban J connectivity index is 1.50. The molecule has 1 fully saturated rings. The maximum Gasteiger partial charge on any atom is 0.137 e. The van der Waals surface area contributed by atoms with Gasteiger partial charge in [0.25, 0.3) is 0 Å². The van der Waals surface area contributed by atoms with Gasteiger partial charge in [-0.1, -0.05) is 6.42 Å². The van der Waals surface area contributed by atoms with Crippen molar-refractivity contribution in [1.82, 2.24) is 14.7 Å². The molecule has 2 heterocycles. The standard InChI is InChI=1S/C21H26N4O2/c1-14(2)27-20-7-6-16(9-22)8-18(20)21(26)24-11-17-12-25(23-19(17)13-24)10-15-4-3-5-15/h6-8,12,14-15,21,26H,3-5,10-11,13H2,1-2H3. The highest BCUT2D eigenvalue weighted by atomic mass is 16.5. The van der Waals surface area contributed by atoms with Gasteiger partial charge in [0.05, 0.1) is 23.4 Å². The Morgan fingerprint density at radius 1 is 1.33 bits per heavy atom. The predicted molar refractivity (Wildman–Crippen MR) is 101 cm³/mol. The Labute approximate surface area is 160 Å². The number of benzene rings is 1. The molecule has 6 heteroatoms. The minimum absolute atomic E-state index is 0.00556. The number of hydrogen-bond donors (Lipinski definition) is 1. The number of hydrogen-bond acceptors (Lipinski definition) is 5. The largest absolute Gasteiger partial charge is 0.491 e. The summed E-state index contributed by atoms with van der Waals surface area (Å²) in [5.74, 6) is 1.40. The van der Waals surface area contributed by atoms with Crippen LogP contribution in [0.1, 0.15) is 61.7 Å². The minimum atomic E-state index is -0.832. The Morgan fingerprint density at radius 2 is 2.15 bits per heavy atom. The molecule has 1 aromatic carbocycles. The van der Waals surface area contributed by atoms with Crippen LogP contribution in [-0.4, -0.2) is 25.9 Å². The molecule has 1 aromatic heterocycles. The van der Waals surface area contributed by atoms with Gasteiger partial charge in [0.2, 0.25) is 0 Å². The Kier molecular flexibility index (Phi) is 4.90. The maximum absolute atomic E-state index is 11.0. The summed E-state index contributed by atoms with van der Waals surface area (Å²) in [5, 5.41) is 24.9. The van der Waals surface area contributed by atoms with E-state index in [0.29, 0.717) is 30.0 Å². The highest BCUT2D eigenvalue weighted by molar-refractivity contribution is 5.43. The normalized spacial score (nSPS) is 18.2. The maximum atomic E-state index is 11.0. The van der Waals surface area contributed by atoms with E-state index in [-0.39, 0.29) is 6.10 Å². The first-order valence-corrected chi connectivity index (χ1v) is 9.71. The third kappa shape index (κ3) is 3.71. The molecule has 1 N–H and O–H groups in total. The zero-order valence-electron chi connectivity index (χ0n) is 15.9. The highest BCUT2D eigenvalue weighted by Gasteiger charge is 2.30. The highest BCUT2D eigenvalue weighted by Crippen LogP contribution is 2.35. The second-order valence-corrected chi connectivity index (χ2v) is 7.93. The van der Waals surface area contributed by atoms with Gasteiger partial charge in [0.1, 0.15) is 12.0 Å². The molecule has 4 rings (SSSR count). The van der Waals surface area contributed by atoms with Crippen molar-refractivity contribution >= 4 is 0 Å². The first-order valence-electron chi connectivity index (χ1n) is 9.71. The smallest absolute Gasteiger partial charge is 0.137 e. The van der Waals surface area contributed by atoms with Crippen molar-refractivity contribution in [2.75, 3.05) is 0 Å². The summed E-state index contributed by atoms with van der Waals surface area (Å²) < 4.78 is 7.92. The molecule has 142 valence electrons. The quantitative estimate of drug-likeness (QED) is 0.849. The Bertz CT molecular complexity index is 840. The lowest BCUT2D eigenvalue weighted by atomic mass is 9.85. The van der Waals surface area contributed by atoms with Gasteiger partial charge >= 0.3 is 0 Å². The molecule has 0 spiro atoms. The fraction of sp³-hybridized carbons (Fsp3) is 0.524. The van der Waals surface area contributed by atoms with Crippen molar-refractivity contribution in [2.45, 2.75) is 65.1 Å². The summed E-state index contributed by atoms with van der Waals surface area (Å²) in [7, 11) is 0. The molecule has 27 heavy (non-hydrogen) atoms. The van der Waals surface area contributed by atoms with Gasteiger partial charge in [-0.3, -0.25) is 9.58 Å². The van der Waals surface area contributed by atoms with Crippen LogP contribution in [0.25, 0.3) is 0 Å². The Hall–Kier alpha value is -2.36. The van der Waals surface area contributed by atoms with Crippen LogP contribution in [0, 0.1) is 17.2 Å². The zero-order chi connectivity index (χ0) is 19.0. The monoisotopic (exact) mass is 366 g/mol. The van der Waals surface area contributed by atoms with E-state index in [0.717, 1.165) is 18.2 Å². The molecule has 1 unspecified atom stereocenters. The molecule has 0 bridgehead atoms. The molecule has 1 aliphatic carbocycles. The van der Waals surface area contributed by atoms with E-state index in [1.165, 1.54) is 24.8 Å². The number of aliphatic hydroxyl groups is 1. The lowest BCUT2D eigenvalue weighted by molar-refractivity contribution is -0.00524. The van der Waals surface area contributed by atoms with Crippen molar-refractivity contribution in [3.63, 3.8) is 0 Å².